The van der Waals surface area contributed by atoms with E-state index in [-0.39, 0.29) is 13.1 Å². The number of nitrogens with one attached hydrogen (secondary N) is 3. The fourth-order valence-electron chi connectivity index (χ4n) is 2.32. The zero-order valence-corrected chi connectivity index (χ0v) is 11.9. The Morgan fingerprint density at radius 1 is 1.41 bits per heavy atom. The second-order valence-electron chi connectivity index (χ2n) is 5.05. The lowest BCUT2D eigenvalue weighted by Gasteiger charge is -2.27. The van der Waals surface area contributed by atoms with Crippen LogP contribution in [0, 0.1) is 5.92 Å². The summed E-state index contributed by atoms with van der Waals surface area (Å²) in [5.41, 5.74) is 1.69. The molecular formula is C14H15N5O3. The van der Waals surface area contributed by atoms with Gasteiger partial charge < -0.3 is 15.6 Å². The predicted molar refractivity (Wildman–Crippen MR) is 77.6 cm³/mol. The topological polar surface area (TPSA) is 107 Å². The van der Waals surface area contributed by atoms with Crippen LogP contribution in [0.4, 0.5) is 4.79 Å². The average Bonchev–Trinajstić information content (AvgIpc) is 2.93. The van der Waals surface area contributed by atoms with Crippen LogP contribution in [-0.2, 0) is 16.1 Å². The Bertz CT molecular complexity index is 721. The third-order valence-corrected chi connectivity index (χ3v) is 3.58. The minimum Gasteiger partial charge on any atom is -0.348 e. The van der Waals surface area contributed by atoms with E-state index in [0.717, 1.165) is 15.9 Å². The summed E-state index contributed by atoms with van der Waals surface area (Å²) in [7, 11) is 1.34. The summed E-state index contributed by atoms with van der Waals surface area (Å²) in [6, 6.07) is 7.04. The van der Waals surface area contributed by atoms with Crippen LogP contribution in [0.25, 0.3) is 11.0 Å². The molecule has 1 aromatic carbocycles. The number of carbonyl (C=O) groups is 3. The Morgan fingerprint density at radius 3 is 2.95 bits per heavy atom. The number of amides is 4. The van der Waals surface area contributed by atoms with E-state index in [4.69, 9.17) is 0 Å². The van der Waals surface area contributed by atoms with E-state index in [1.807, 2.05) is 24.3 Å². The molecule has 1 atom stereocenters. The normalized spacial score (nSPS) is 18.4. The Morgan fingerprint density at radius 2 is 2.18 bits per heavy atom. The number of fused-ring (bicyclic) bond motifs is 1. The Balaban J connectivity index is 1.64. The highest BCUT2D eigenvalue weighted by Gasteiger charge is 2.36. The Kier molecular flexibility index (Phi) is 3.50. The van der Waals surface area contributed by atoms with Gasteiger partial charge >= 0.3 is 6.03 Å². The van der Waals surface area contributed by atoms with Gasteiger partial charge in [0.1, 0.15) is 11.7 Å². The van der Waals surface area contributed by atoms with E-state index in [2.05, 4.69) is 20.6 Å². The minimum atomic E-state index is -0.910. The first kappa shape index (κ1) is 14.1. The number of hydrogen-bond acceptors (Lipinski definition) is 4. The number of hydrogen-bond donors (Lipinski definition) is 3. The monoisotopic (exact) mass is 301 g/mol. The first-order valence-corrected chi connectivity index (χ1v) is 6.83. The largest absolute Gasteiger partial charge is 0.348 e. The Labute approximate surface area is 125 Å². The molecule has 1 fully saturated rings. The standard InChI is InChI=1S/C14H15N5O3/c1-19-13(21)8(6-16-14(19)22)12(20)15-7-11-17-9-4-2-3-5-10(9)18-11/h2-5,8H,6-7H2,1H3,(H,15,20)(H,16,22)(H,17,18). The summed E-state index contributed by atoms with van der Waals surface area (Å²) in [6.45, 7) is 0.197. The molecular weight excluding hydrogens is 286 g/mol. The van der Waals surface area contributed by atoms with Crippen LogP contribution in [0.5, 0.6) is 0 Å². The molecule has 0 aliphatic carbocycles. The molecule has 3 N–H and O–H groups in total. The number of aromatic amines is 1. The maximum Gasteiger partial charge on any atom is 0.323 e. The van der Waals surface area contributed by atoms with Crippen LogP contribution in [0.2, 0.25) is 0 Å². The van der Waals surface area contributed by atoms with Crippen molar-refractivity contribution < 1.29 is 14.4 Å². The van der Waals surface area contributed by atoms with Gasteiger partial charge in [-0.05, 0) is 12.1 Å². The number of aromatic nitrogens is 2. The Hall–Kier alpha value is -2.90. The van der Waals surface area contributed by atoms with Gasteiger partial charge in [-0.2, -0.15) is 0 Å². The maximum atomic E-state index is 12.1. The van der Waals surface area contributed by atoms with Gasteiger partial charge in [0.15, 0.2) is 0 Å². The summed E-state index contributed by atoms with van der Waals surface area (Å²) in [5.74, 6) is -1.24. The third kappa shape index (κ3) is 2.50. The zero-order valence-electron chi connectivity index (χ0n) is 11.9. The summed E-state index contributed by atoms with van der Waals surface area (Å²) < 4.78 is 0. The molecule has 0 bridgehead atoms. The van der Waals surface area contributed by atoms with Crippen molar-refractivity contribution in [2.45, 2.75) is 6.54 Å². The number of nitrogens with zero attached hydrogens (tertiary/aromatic N) is 2. The van der Waals surface area contributed by atoms with E-state index in [1.54, 1.807) is 0 Å². The third-order valence-electron chi connectivity index (χ3n) is 3.58. The second-order valence-corrected chi connectivity index (χ2v) is 5.05. The smallest absolute Gasteiger partial charge is 0.323 e. The van der Waals surface area contributed by atoms with Crippen molar-refractivity contribution in [3.63, 3.8) is 0 Å². The van der Waals surface area contributed by atoms with Crippen molar-refractivity contribution in [2.24, 2.45) is 5.92 Å². The number of imide groups is 1. The fourth-order valence-corrected chi connectivity index (χ4v) is 2.32. The molecule has 2 aromatic rings. The molecule has 4 amide bonds. The lowest BCUT2D eigenvalue weighted by Crippen LogP contribution is -2.57. The molecule has 0 saturated carbocycles. The van der Waals surface area contributed by atoms with Crippen LogP contribution in [-0.4, -0.2) is 46.3 Å². The highest BCUT2D eigenvalue weighted by atomic mass is 16.2. The van der Waals surface area contributed by atoms with Gasteiger partial charge in [-0.3, -0.25) is 14.5 Å². The van der Waals surface area contributed by atoms with Crippen molar-refractivity contribution in [2.75, 3.05) is 13.6 Å². The molecule has 22 heavy (non-hydrogen) atoms. The van der Waals surface area contributed by atoms with Gasteiger partial charge in [0.05, 0.1) is 17.6 Å². The summed E-state index contributed by atoms with van der Waals surface area (Å²) in [4.78, 5) is 43.6. The summed E-state index contributed by atoms with van der Waals surface area (Å²) >= 11 is 0. The minimum absolute atomic E-state index is 0.00791. The molecule has 1 aromatic heterocycles. The van der Waals surface area contributed by atoms with E-state index < -0.39 is 23.8 Å². The van der Waals surface area contributed by atoms with E-state index >= 15 is 0 Å². The molecule has 0 spiro atoms. The first-order chi connectivity index (χ1) is 10.6. The first-order valence-electron chi connectivity index (χ1n) is 6.83. The fraction of sp³-hybridized carbons (Fsp3) is 0.286. The van der Waals surface area contributed by atoms with Crippen LogP contribution < -0.4 is 10.6 Å². The SMILES string of the molecule is CN1C(=O)NCC(C(=O)NCc2nc3ccccc3[nH]2)C1=O. The van der Waals surface area contributed by atoms with Gasteiger partial charge in [0.2, 0.25) is 11.8 Å². The molecule has 1 aliphatic rings. The molecule has 8 heteroatoms. The number of imidazole rings is 1. The summed E-state index contributed by atoms with van der Waals surface area (Å²) in [5, 5.41) is 5.16. The van der Waals surface area contributed by atoms with E-state index in [0.29, 0.717) is 5.82 Å². The highest BCUT2D eigenvalue weighted by molar-refractivity contribution is 6.08. The van der Waals surface area contributed by atoms with Crippen molar-refractivity contribution in [3.8, 4) is 0 Å². The van der Waals surface area contributed by atoms with Crippen LogP contribution >= 0.6 is 0 Å². The molecule has 2 heterocycles. The molecule has 1 saturated heterocycles. The van der Waals surface area contributed by atoms with Gasteiger partial charge in [-0.1, -0.05) is 12.1 Å². The van der Waals surface area contributed by atoms with Crippen LogP contribution in [0.15, 0.2) is 24.3 Å². The molecule has 1 unspecified atom stereocenters. The molecule has 8 nitrogen and oxygen atoms in total. The predicted octanol–water partition coefficient (Wildman–Crippen LogP) is -0.0231. The zero-order chi connectivity index (χ0) is 15.7. The van der Waals surface area contributed by atoms with Crippen LogP contribution in [0.3, 0.4) is 0 Å². The molecule has 0 radical (unpaired) electrons. The lowest BCUT2D eigenvalue weighted by molar-refractivity contribution is -0.140. The number of benzene rings is 1. The van der Waals surface area contributed by atoms with Gasteiger partial charge in [0.25, 0.3) is 0 Å². The van der Waals surface area contributed by atoms with Crippen molar-refractivity contribution in [1.29, 1.82) is 0 Å². The average molecular weight is 301 g/mol. The molecule has 114 valence electrons. The number of para-hydroxylation sites is 2. The number of carbonyl (C=O) groups excluding carboxylic acids is 3. The van der Waals surface area contributed by atoms with Crippen molar-refractivity contribution in [3.05, 3.63) is 30.1 Å². The van der Waals surface area contributed by atoms with Gasteiger partial charge in [-0.15, -0.1) is 0 Å². The van der Waals surface area contributed by atoms with E-state index in [9.17, 15) is 14.4 Å². The highest BCUT2D eigenvalue weighted by Crippen LogP contribution is 2.11. The molecule has 3 rings (SSSR count). The van der Waals surface area contributed by atoms with Gasteiger partial charge in [-0.25, -0.2) is 9.78 Å². The second kappa shape index (κ2) is 5.47. The van der Waals surface area contributed by atoms with Crippen LogP contribution in [0.1, 0.15) is 5.82 Å². The number of rotatable bonds is 3. The van der Waals surface area contributed by atoms with Crippen molar-refractivity contribution in [1.82, 2.24) is 25.5 Å². The summed E-state index contributed by atoms with van der Waals surface area (Å²) in [6.07, 6.45) is 0. The van der Waals surface area contributed by atoms with Crippen molar-refractivity contribution >= 4 is 28.9 Å². The number of H-pyrrole nitrogens is 1. The van der Waals surface area contributed by atoms with E-state index in [1.165, 1.54) is 7.05 Å². The number of urea groups is 1. The quantitative estimate of drug-likeness (QED) is 0.692. The lowest BCUT2D eigenvalue weighted by atomic mass is 10.1. The molecule has 1 aliphatic heterocycles. The van der Waals surface area contributed by atoms with Gasteiger partial charge in [0, 0.05) is 13.6 Å². The maximum absolute atomic E-state index is 12.1.